The maximum Gasteiger partial charge on any atom is 0.224 e. The molecule has 1 fully saturated rings. The van der Waals surface area contributed by atoms with E-state index in [4.69, 9.17) is 21.3 Å². The lowest BCUT2D eigenvalue weighted by Crippen LogP contribution is -2.09. The van der Waals surface area contributed by atoms with Crippen molar-refractivity contribution >= 4 is 34.6 Å². The first-order valence-electron chi connectivity index (χ1n) is 10.00. The van der Waals surface area contributed by atoms with Crippen molar-refractivity contribution in [1.29, 1.82) is 0 Å². The molecule has 0 saturated heterocycles. The SMILES string of the molecule is Nc1nc(N)c2c(Sc3ccccc3Oc3ccccc3)nn(C3CCCC3)c2n1. The Morgan fingerprint density at radius 2 is 1.67 bits per heavy atom. The zero-order chi connectivity index (χ0) is 20.5. The van der Waals surface area contributed by atoms with Crippen molar-refractivity contribution in [2.75, 3.05) is 11.5 Å². The topological polar surface area (TPSA) is 105 Å². The number of ether oxygens (including phenoxy) is 1. The molecule has 0 spiro atoms. The van der Waals surface area contributed by atoms with Gasteiger partial charge in [-0.05, 0) is 37.1 Å². The number of para-hydroxylation sites is 2. The van der Waals surface area contributed by atoms with Gasteiger partial charge in [0.25, 0.3) is 0 Å². The molecule has 4 N–H and O–H groups in total. The van der Waals surface area contributed by atoms with Gasteiger partial charge in [-0.1, -0.05) is 54.9 Å². The highest BCUT2D eigenvalue weighted by Crippen LogP contribution is 2.42. The second kappa shape index (κ2) is 7.87. The number of hydrogen-bond donors (Lipinski definition) is 2. The molecule has 0 unspecified atom stereocenters. The molecule has 1 aliphatic carbocycles. The van der Waals surface area contributed by atoms with Crippen LogP contribution in [-0.4, -0.2) is 19.7 Å². The molecule has 30 heavy (non-hydrogen) atoms. The molecular weight excluding hydrogens is 396 g/mol. The number of benzene rings is 2. The molecule has 152 valence electrons. The molecule has 4 aromatic rings. The predicted molar refractivity (Wildman–Crippen MR) is 119 cm³/mol. The molecule has 0 atom stereocenters. The number of nitrogens with zero attached hydrogens (tertiary/aromatic N) is 4. The minimum atomic E-state index is 0.170. The molecule has 1 aliphatic rings. The Bertz CT molecular complexity index is 1190. The van der Waals surface area contributed by atoms with Crippen molar-refractivity contribution < 1.29 is 4.74 Å². The van der Waals surface area contributed by atoms with E-state index in [0.29, 0.717) is 17.5 Å². The first-order chi connectivity index (χ1) is 14.7. The summed E-state index contributed by atoms with van der Waals surface area (Å²) >= 11 is 1.50. The van der Waals surface area contributed by atoms with Gasteiger partial charge in [0.2, 0.25) is 5.95 Å². The maximum atomic E-state index is 6.26. The van der Waals surface area contributed by atoms with Crippen LogP contribution in [-0.2, 0) is 0 Å². The van der Waals surface area contributed by atoms with Crippen LogP contribution in [0.4, 0.5) is 11.8 Å². The van der Waals surface area contributed by atoms with Crippen LogP contribution in [0, 0.1) is 0 Å². The fourth-order valence-corrected chi connectivity index (χ4v) is 4.85. The maximum absolute atomic E-state index is 6.26. The van der Waals surface area contributed by atoms with Crippen molar-refractivity contribution in [1.82, 2.24) is 19.7 Å². The van der Waals surface area contributed by atoms with E-state index < -0.39 is 0 Å². The van der Waals surface area contributed by atoms with Gasteiger partial charge in [0.15, 0.2) is 5.65 Å². The van der Waals surface area contributed by atoms with Crippen LogP contribution in [0.3, 0.4) is 0 Å². The summed E-state index contributed by atoms with van der Waals surface area (Å²) in [5.74, 6) is 2.06. The fraction of sp³-hybridized carbons (Fsp3) is 0.227. The monoisotopic (exact) mass is 418 g/mol. The second-order valence-electron chi connectivity index (χ2n) is 7.32. The third-order valence-electron chi connectivity index (χ3n) is 5.26. The summed E-state index contributed by atoms with van der Waals surface area (Å²) in [5, 5.41) is 6.41. The lowest BCUT2D eigenvalue weighted by molar-refractivity contribution is 0.468. The third-order valence-corrected chi connectivity index (χ3v) is 6.30. The Hall–Kier alpha value is -3.26. The average Bonchev–Trinajstić information content (AvgIpc) is 3.38. The highest BCUT2D eigenvalue weighted by atomic mass is 32.2. The van der Waals surface area contributed by atoms with E-state index in [1.807, 2.05) is 59.3 Å². The Labute approximate surface area is 178 Å². The van der Waals surface area contributed by atoms with Crippen molar-refractivity contribution in [2.24, 2.45) is 0 Å². The van der Waals surface area contributed by atoms with Crippen LogP contribution in [0.15, 0.2) is 64.5 Å². The normalized spacial score (nSPS) is 14.4. The zero-order valence-electron chi connectivity index (χ0n) is 16.4. The van der Waals surface area contributed by atoms with Crippen LogP contribution < -0.4 is 16.2 Å². The number of hydrogen-bond acceptors (Lipinski definition) is 7. The van der Waals surface area contributed by atoms with Crippen LogP contribution in [0.2, 0.25) is 0 Å². The zero-order valence-corrected chi connectivity index (χ0v) is 17.2. The van der Waals surface area contributed by atoms with Gasteiger partial charge in [-0.15, -0.1) is 0 Å². The highest BCUT2D eigenvalue weighted by Gasteiger charge is 2.25. The van der Waals surface area contributed by atoms with E-state index in [-0.39, 0.29) is 5.95 Å². The molecule has 0 bridgehead atoms. The van der Waals surface area contributed by atoms with Gasteiger partial charge in [-0.3, -0.25) is 0 Å². The summed E-state index contributed by atoms with van der Waals surface area (Å²) in [5.41, 5.74) is 12.9. The molecule has 0 aliphatic heterocycles. The fourth-order valence-electron chi connectivity index (χ4n) is 3.86. The highest BCUT2D eigenvalue weighted by molar-refractivity contribution is 7.99. The lowest BCUT2D eigenvalue weighted by atomic mass is 10.2. The van der Waals surface area contributed by atoms with E-state index in [0.717, 1.165) is 39.6 Å². The molecule has 8 heteroatoms. The predicted octanol–water partition coefficient (Wildman–Crippen LogP) is 5.05. The lowest BCUT2D eigenvalue weighted by Gasteiger charge is -2.10. The molecule has 5 rings (SSSR count). The van der Waals surface area contributed by atoms with Crippen molar-refractivity contribution in [3.63, 3.8) is 0 Å². The van der Waals surface area contributed by atoms with Crippen molar-refractivity contribution in [3.05, 3.63) is 54.6 Å². The van der Waals surface area contributed by atoms with E-state index in [9.17, 15) is 0 Å². The Kier molecular flexibility index (Phi) is 4.92. The van der Waals surface area contributed by atoms with Gasteiger partial charge < -0.3 is 16.2 Å². The quantitative estimate of drug-likeness (QED) is 0.467. The first kappa shape index (κ1) is 18.7. The van der Waals surface area contributed by atoms with Crippen LogP contribution in [0.5, 0.6) is 11.5 Å². The summed E-state index contributed by atoms with van der Waals surface area (Å²) in [6, 6.07) is 17.9. The number of fused-ring (bicyclic) bond motifs is 1. The number of anilines is 2. The van der Waals surface area contributed by atoms with Gasteiger partial charge in [-0.2, -0.15) is 15.1 Å². The number of nitrogen functional groups attached to an aromatic ring is 2. The summed E-state index contributed by atoms with van der Waals surface area (Å²) in [6.45, 7) is 0. The molecule has 7 nitrogen and oxygen atoms in total. The van der Waals surface area contributed by atoms with E-state index in [1.165, 1.54) is 24.6 Å². The number of rotatable bonds is 5. The molecular formula is C22H22N6OS. The average molecular weight is 419 g/mol. The minimum Gasteiger partial charge on any atom is -0.456 e. The Morgan fingerprint density at radius 3 is 2.47 bits per heavy atom. The van der Waals surface area contributed by atoms with Crippen molar-refractivity contribution in [2.45, 2.75) is 41.6 Å². The molecule has 2 aromatic carbocycles. The summed E-state index contributed by atoms with van der Waals surface area (Å²) < 4.78 is 8.10. The van der Waals surface area contributed by atoms with Gasteiger partial charge in [0.1, 0.15) is 22.3 Å². The van der Waals surface area contributed by atoms with Crippen molar-refractivity contribution in [3.8, 4) is 11.5 Å². The van der Waals surface area contributed by atoms with Gasteiger partial charge in [0.05, 0.1) is 16.3 Å². The summed E-state index contributed by atoms with van der Waals surface area (Å²) in [7, 11) is 0. The Balaban J connectivity index is 1.56. The minimum absolute atomic E-state index is 0.170. The second-order valence-corrected chi connectivity index (χ2v) is 8.35. The standard InChI is InChI=1S/C22H22N6OS/c23-19-18-20(26-22(24)25-19)28(14-8-4-5-9-14)27-21(18)30-17-13-7-6-12-16(17)29-15-10-2-1-3-11-15/h1-3,6-7,10-14H,4-5,8-9H2,(H4,23,24,25,26). The summed E-state index contributed by atoms with van der Waals surface area (Å²) in [4.78, 5) is 9.60. The molecule has 1 saturated carbocycles. The molecule has 2 aromatic heterocycles. The van der Waals surface area contributed by atoms with E-state index in [2.05, 4.69) is 9.97 Å². The van der Waals surface area contributed by atoms with Gasteiger partial charge in [0, 0.05) is 0 Å². The van der Waals surface area contributed by atoms with E-state index in [1.54, 1.807) is 0 Å². The van der Waals surface area contributed by atoms with Crippen LogP contribution in [0.25, 0.3) is 11.0 Å². The Morgan fingerprint density at radius 1 is 0.933 bits per heavy atom. The molecule has 2 heterocycles. The van der Waals surface area contributed by atoms with Gasteiger partial charge in [-0.25, -0.2) is 4.68 Å². The summed E-state index contributed by atoms with van der Waals surface area (Å²) in [6.07, 6.45) is 4.55. The number of nitrogens with two attached hydrogens (primary N) is 2. The largest absolute Gasteiger partial charge is 0.456 e. The smallest absolute Gasteiger partial charge is 0.224 e. The first-order valence-corrected chi connectivity index (χ1v) is 10.8. The van der Waals surface area contributed by atoms with Crippen LogP contribution in [0.1, 0.15) is 31.7 Å². The van der Waals surface area contributed by atoms with E-state index >= 15 is 0 Å². The molecule has 0 amide bonds. The third kappa shape index (κ3) is 3.54. The number of aromatic nitrogens is 4. The molecule has 0 radical (unpaired) electrons. The van der Waals surface area contributed by atoms with Gasteiger partial charge >= 0.3 is 0 Å². The van der Waals surface area contributed by atoms with Crippen LogP contribution >= 0.6 is 11.8 Å².